The first kappa shape index (κ1) is 24.2. The molecule has 0 atom stereocenters. The summed E-state index contributed by atoms with van der Waals surface area (Å²) >= 11 is 20.1. The average molecular weight is 535 g/mol. The van der Waals surface area contributed by atoms with Gasteiger partial charge < -0.3 is 9.47 Å². The molecule has 11 heteroatoms. The molecule has 2 amide bonds. The minimum Gasteiger partial charge on any atom is -0.493 e. The Morgan fingerprint density at radius 3 is 2.50 bits per heavy atom. The molecule has 0 aromatic heterocycles. The lowest BCUT2D eigenvalue weighted by molar-refractivity contribution is -0.123. The predicted octanol–water partition coefficient (Wildman–Crippen LogP) is 4.26. The quantitative estimate of drug-likeness (QED) is 0.363. The summed E-state index contributed by atoms with van der Waals surface area (Å²) in [6.07, 6.45) is 0.798. The molecular formula is C19H18BrCl2N3O4S. The monoisotopic (exact) mass is 533 g/mol. The first-order valence-electron chi connectivity index (χ1n) is 8.70. The lowest BCUT2D eigenvalue weighted by Gasteiger charge is -2.14. The SMILES string of the molecule is CCCOc1ccc(Br)cc1C(=O)NC(=S)NNC(=O)COc1ccc(Cl)cc1Cl. The van der Waals surface area contributed by atoms with Crippen LogP contribution in [0.25, 0.3) is 0 Å². The van der Waals surface area contributed by atoms with E-state index in [4.69, 9.17) is 44.9 Å². The van der Waals surface area contributed by atoms with E-state index in [-0.39, 0.29) is 16.7 Å². The van der Waals surface area contributed by atoms with Crippen LogP contribution < -0.4 is 25.6 Å². The number of carbonyl (C=O) groups excluding carboxylic acids is 2. The molecule has 0 unspecified atom stereocenters. The normalized spacial score (nSPS) is 10.1. The smallest absolute Gasteiger partial charge is 0.276 e. The van der Waals surface area contributed by atoms with Gasteiger partial charge in [0.25, 0.3) is 11.8 Å². The van der Waals surface area contributed by atoms with Crippen molar-refractivity contribution in [2.45, 2.75) is 13.3 Å². The van der Waals surface area contributed by atoms with E-state index in [0.29, 0.717) is 33.2 Å². The highest BCUT2D eigenvalue weighted by Crippen LogP contribution is 2.27. The van der Waals surface area contributed by atoms with Gasteiger partial charge in [0.2, 0.25) is 0 Å². The molecule has 0 bridgehead atoms. The fourth-order valence-electron chi connectivity index (χ4n) is 2.12. The molecule has 0 saturated carbocycles. The van der Waals surface area contributed by atoms with Crippen LogP contribution >= 0.6 is 51.3 Å². The average Bonchev–Trinajstić information content (AvgIpc) is 2.70. The number of hydrazine groups is 1. The van der Waals surface area contributed by atoms with E-state index in [1.165, 1.54) is 6.07 Å². The Hall–Kier alpha value is -2.07. The van der Waals surface area contributed by atoms with Crippen LogP contribution in [-0.4, -0.2) is 30.1 Å². The van der Waals surface area contributed by atoms with Crippen molar-refractivity contribution in [2.24, 2.45) is 0 Å². The highest BCUT2D eigenvalue weighted by molar-refractivity contribution is 9.10. The van der Waals surface area contributed by atoms with E-state index in [0.717, 1.165) is 6.42 Å². The van der Waals surface area contributed by atoms with E-state index >= 15 is 0 Å². The Labute approximate surface area is 197 Å². The van der Waals surface area contributed by atoms with Crippen LogP contribution in [0.4, 0.5) is 0 Å². The van der Waals surface area contributed by atoms with Gasteiger partial charge in [-0.05, 0) is 55.0 Å². The zero-order chi connectivity index (χ0) is 22.1. The maximum atomic E-state index is 12.5. The summed E-state index contributed by atoms with van der Waals surface area (Å²) in [5.41, 5.74) is 5.05. The number of hydrogen-bond acceptors (Lipinski definition) is 5. The second-order valence-electron chi connectivity index (χ2n) is 5.81. The van der Waals surface area contributed by atoms with E-state index < -0.39 is 11.8 Å². The minimum absolute atomic E-state index is 0.0979. The molecule has 0 heterocycles. The highest BCUT2D eigenvalue weighted by atomic mass is 79.9. The van der Waals surface area contributed by atoms with Gasteiger partial charge in [0.15, 0.2) is 11.7 Å². The molecule has 0 saturated heterocycles. The summed E-state index contributed by atoms with van der Waals surface area (Å²) in [6.45, 7) is 2.11. The molecular weight excluding hydrogens is 517 g/mol. The molecule has 0 radical (unpaired) electrons. The highest BCUT2D eigenvalue weighted by Gasteiger charge is 2.15. The van der Waals surface area contributed by atoms with Gasteiger partial charge in [0.1, 0.15) is 11.5 Å². The van der Waals surface area contributed by atoms with Crippen molar-refractivity contribution in [1.29, 1.82) is 0 Å². The van der Waals surface area contributed by atoms with Crippen molar-refractivity contribution >= 4 is 68.3 Å². The molecule has 0 aliphatic rings. The number of nitrogens with one attached hydrogen (secondary N) is 3. The van der Waals surface area contributed by atoms with Crippen molar-refractivity contribution < 1.29 is 19.1 Å². The van der Waals surface area contributed by atoms with Crippen molar-refractivity contribution in [3.63, 3.8) is 0 Å². The Kier molecular flexibility index (Phi) is 9.64. The topological polar surface area (TPSA) is 88.7 Å². The summed E-state index contributed by atoms with van der Waals surface area (Å²) in [5, 5.41) is 3.11. The summed E-state index contributed by atoms with van der Waals surface area (Å²) in [6, 6.07) is 9.71. The minimum atomic E-state index is -0.535. The largest absolute Gasteiger partial charge is 0.493 e. The van der Waals surface area contributed by atoms with Crippen LogP contribution in [0.3, 0.4) is 0 Å². The third kappa shape index (κ3) is 7.64. The Balaban J connectivity index is 1.84. The third-order valence-electron chi connectivity index (χ3n) is 3.44. The first-order chi connectivity index (χ1) is 14.3. The van der Waals surface area contributed by atoms with Crippen LogP contribution in [-0.2, 0) is 4.79 Å². The number of ether oxygens (including phenoxy) is 2. The molecule has 2 rings (SSSR count). The second kappa shape index (κ2) is 11.9. The van der Waals surface area contributed by atoms with E-state index in [9.17, 15) is 9.59 Å². The molecule has 0 aliphatic heterocycles. The molecule has 2 aromatic rings. The van der Waals surface area contributed by atoms with Crippen molar-refractivity contribution in [3.8, 4) is 11.5 Å². The summed E-state index contributed by atoms with van der Waals surface area (Å²) < 4.78 is 11.6. The van der Waals surface area contributed by atoms with Crippen molar-refractivity contribution in [3.05, 3.63) is 56.5 Å². The maximum Gasteiger partial charge on any atom is 0.276 e. The van der Waals surface area contributed by atoms with Crippen molar-refractivity contribution in [2.75, 3.05) is 13.2 Å². The van der Waals surface area contributed by atoms with Crippen LogP contribution in [0.5, 0.6) is 11.5 Å². The van der Waals surface area contributed by atoms with Gasteiger partial charge in [-0.15, -0.1) is 0 Å². The van der Waals surface area contributed by atoms with Gasteiger partial charge in [0, 0.05) is 9.50 Å². The fourth-order valence-corrected chi connectivity index (χ4v) is 3.09. The second-order valence-corrected chi connectivity index (χ2v) is 7.98. The predicted molar refractivity (Wildman–Crippen MR) is 123 cm³/mol. The standard InChI is InChI=1S/C19H18BrCl2N3O4S/c1-2-7-28-15-5-3-11(20)8-13(15)18(27)23-19(30)25-24-17(26)10-29-16-6-4-12(21)9-14(16)22/h3-6,8-9H,2,7,10H2,1H3,(H,24,26)(H2,23,25,27,30). The summed E-state index contributed by atoms with van der Waals surface area (Å²) in [5.74, 6) is -0.288. The molecule has 0 spiro atoms. The third-order valence-corrected chi connectivity index (χ3v) is 4.67. The molecule has 2 aromatic carbocycles. The molecule has 30 heavy (non-hydrogen) atoms. The maximum absolute atomic E-state index is 12.5. The Morgan fingerprint density at radius 1 is 1.07 bits per heavy atom. The zero-order valence-electron chi connectivity index (χ0n) is 15.8. The Bertz CT molecular complexity index is 946. The number of benzene rings is 2. The molecule has 7 nitrogen and oxygen atoms in total. The van der Waals surface area contributed by atoms with Gasteiger partial charge >= 0.3 is 0 Å². The molecule has 0 fully saturated rings. The van der Waals surface area contributed by atoms with Gasteiger partial charge in [-0.3, -0.25) is 25.8 Å². The first-order valence-corrected chi connectivity index (χ1v) is 10.7. The molecule has 0 aliphatic carbocycles. The number of thiocarbonyl (C=S) groups is 1. The summed E-state index contributed by atoms with van der Waals surface area (Å²) in [7, 11) is 0. The fraction of sp³-hybridized carbons (Fsp3) is 0.211. The van der Waals surface area contributed by atoms with Gasteiger partial charge in [0.05, 0.1) is 17.2 Å². The van der Waals surface area contributed by atoms with Crippen LogP contribution in [0.1, 0.15) is 23.7 Å². The van der Waals surface area contributed by atoms with Crippen LogP contribution in [0.15, 0.2) is 40.9 Å². The Morgan fingerprint density at radius 2 is 1.80 bits per heavy atom. The zero-order valence-corrected chi connectivity index (χ0v) is 19.7. The number of halogens is 3. The van der Waals surface area contributed by atoms with E-state index in [1.54, 1.807) is 30.3 Å². The molecule has 160 valence electrons. The van der Waals surface area contributed by atoms with Gasteiger partial charge in [-0.2, -0.15) is 0 Å². The lowest BCUT2D eigenvalue weighted by atomic mass is 10.2. The summed E-state index contributed by atoms with van der Waals surface area (Å²) in [4.78, 5) is 24.4. The van der Waals surface area contributed by atoms with E-state index in [2.05, 4.69) is 32.1 Å². The van der Waals surface area contributed by atoms with Gasteiger partial charge in [-0.25, -0.2) is 0 Å². The number of amides is 2. The number of rotatable bonds is 7. The van der Waals surface area contributed by atoms with Gasteiger partial charge in [-0.1, -0.05) is 46.1 Å². The van der Waals surface area contributed by atoms with Crippen molar-refractivity contribution in [1.82, 2.24) is 16.2 Å². The lowest BCUT2D eigenvalue weighted by Crippen LogP contribution is -2.49. The number of carbonyl (C=O) groups is 2. The number of hydrogen-bond donors (Lipinski definition) is 3. The van der Waals surface area contributed by atoms with Crippen LogP contribution in [0.2, 0.25) is 10.0 Å². The van der Waals surface area contributed by atoms with E-state index in [1.807, 2.05) is 6.92 Å². The molecule has 3 N–H and O–H groups in total. The van der Waals surface area contributed by atoms with Crippen LogP contribution in [0, 0.1) is 0 Å².